The molecule has 1 aromatic carbocycles. The van der Waals surface area contributed by atoms with E-state index in [-0.39, 0.29) is 6.10 Å². The van der Waals surface area contributed by atoms with Gasteiger partial charge in [0, 0.05) is 12.8 Å². The maximum Gasteiger partial charge on any atom is 0.119 e. The molecule has 1 fully saturated rings. The van der Waals surface area contributed by atoms with Crippen LogP contribution >= 0.6 is 0 Å². The summed E-state index contributed by atoms with van der Waals surface area (Å²) in [4.78, 5) is 0. The van der Waals surface area contributed by atoms with E-state index in [1.807, 2.05) is 36.0 Å². The summed E-state index contributed by atoms with van der Waals surface area (Å²) in [6, 6.07) is 10.2. The minimum Gasteiger partial charge on any atom is -0.491 e. The van der Waals surface area contributed by atoms with Gasteiger partial charge < -0.3 is 9.47 Å². The highest BCUT2D eigenvalue weighted by atomic mass is 16.5. The first-order valence-electron chi connectivity index (χ1n) is 7.13. The summed E-state index contributed by atoms with van der Waals surface area (Å²) in [5, 5.41) is 4.39. The third-order valence-electron chi connectivity index (χ3n) is 3.50. The summed E-state index contributed by atoms with van der Waals surface area (Å²) in [5.41, 5.74) is 2.26. The van der Waals surface area contributed by atoms with Crippen molar-refractivity contribution in [3.05, 3.63) is 47.8 Å². The number of hydrogen-bond donors (Lipinski definition) is 0. The first kappa shape index (κ1) is 13.2. The second kappa shape index (κ2) is 6.09. The number of nitrogens with zero attached hydrogens (tertiary/aromatic N) is 2. The van der Waals surface area contributed by atoms with Gasteiger partial charge in [0.15, 0.2) is 0 Å². The van der Waals surface area contributed by atoms with Crippen LogP contribution < -0.4 is 4.74 Å². The summed E-state index contributed by atoms with van der Waals surface area (Å²) >= 11 is 0. The van der Waals surface area contributed by atoms with E-state index in [2.05, 4.69) is 17.2 Å². The molecule has 0 unspecified atom stereocenters. The molecule has 20 heavy (non-hydrogen) atoms. The Morgan fingerprint density at radius 2 is 2.15 bits per heavy atom. The van der Waals surface area contributed by atoms with Gasteiger partial charge in [0.1, 0.15) is 12.4 Å². The smallest absolute Gasteiger partial charge is 0.119 e. The quantitative estimate of drug-likeness (QED) is 0.839. The third kappa shape index (κ3) is 3.39. The highest BCUT2D eigenvalue weighted by molar-refractivity contribution is 5.27. The van der Waals surface area contributed by atoms with Crippen LogP contribution in [0.4, 0.5) is 0 Å². The minimum absolute atomic E-state index is 0.265. The van der Waals surface area contributed by atoms with Gasteiger partial charge in [-0.05, 0) is 43.5 Å². The fourth-order valence-electron chi connectivity index (χ4n) is 2.39. The van der Waals surface area contributed by atoms with Crippen molar-refractivity contribution in [1.82, 2.24) is 9.78 Å². The Labute approximate surface area is 119 Å². The second-order valence-corrected chi connectivity index (χ2v) is 5.24. The molecule has 1 atom stereocenters. The standard InChI is InChI=1S/C16H20N2O2/c1-13-8-9-18(17-13)11-14-4-6-15(7-5-14)20-12-16-3-2-10-19-16/h4-9,16H,2-3,10-12H2,1H3/t16-/m1/s1. The fourth-order valence-corrected chi connectivity index (χ4v) is 2.39. The van der Waals surface area contributed by atoms with E-state index in [1.165, 1.54) is 5.56 Å². The van der Waals surface area contributed by atoms with Crippen molar-refractivity contribution in [1.29, 1.82) is 0 Å². The fraction of sp³-hybridized carbons (Fsp3) is 0.438. The lowest BCUT2D eigenvalue weighted by atomic mass is 10.2. The van der Waals surface area contributed by atoms with E-state index < -0.39 is 0 Å². The van der Waals surface area contributed by atoms with Crippen molar-refractivity contribution in [3.63, 3.8) is 0 Å². The molecule has 0 aliphatic carbocycles. The molecule has 3 rings (SSSR count). The van der Waals surface area contributed by atoms with Crippen LogP contribution in [-0.2, 0) is 11.3 Å². The zero-order valence-electron chi connectivity index (χ0n) is 11.8. The van der Waals surface area contributed by atoms with Crippen molar-refractivity contribution in [2.45, 2.75) is 32.4 Å². The Bertz CT molecular complexity index is 542. The highest BCUT2D eigenvalue weighted by Gasteiger charge is 2.15. The molecule has 2 heterocycles. The second-order valence-electron chi connectivity index (χ2n) is 5.24. The number of benzene rings is 1. The topological polar surface area (TPSA) is 36.3 Å². The van der Waals surface area contributed by atoms with Gasteiger partial charge in [0.25, 0.3) is 0 Å². The molecular formula is C16H20N2O2. The van der Waals surface area contributed by atoms with Gasteiger partial charge in [0.2, 0.25) is 0 Å². The highest BCUT2D eigenvalue weighted by Crippen LogP contribution is 2.17. The van der Waals surface area contributed by atoms with Crippen LogP contribution in [0.5, 0.6) is 5.75 Å². The lowest BCUT2D eigenvalue weighted by Crippen LogP contribution is -2.16. The van der Waals surface area contributed by atoms with Crippen molar-refractivity contribution in [2.24, 2.45) is 0 Å². The summed E-state index contributed by atoms with van der Waals surface area (Å²) < 4.78 is 13.2. The van der Waals surface area contributed by atoms with E-state index in [0.29, 0.717) is 6.61 Å². The lowest BCUT2D eigenvalue weighted by Gasteiger charge is -2.11. The maximum atomic E-state index is 5.75. The molecule has 0 bridgehead atoms. The number of aromatic nitrogens is 2. The summed E-state index contributed by atoms with van der Waals surface area (Å²) in [7, 11) is 0. The van der Waals surface area contributed by atoms with E-state index in [4.69, 9.17) is 9.47 Å². The summed E-state index contributed by atoms with van der Waals surface area (Å²) in [6.45, 7) is 4.31. The van der Waals surface area contributed by atoms with Crippen molar-refractivity contribution in [2.75, 3.05) is 13.2 Å². The monoisotopic (exact) mass is 272 g/mol. The molecule has 4 nitrogen and oxygen atoms in total. The maximum absolute atomic E-state index is 5.75. The Morgan fingerprint density at radius 1 is 1.30 bits per heavy atom. The molecule has 2 aromatic rings. The van der Waals surface area contributed by atoms with Crippen molar-refractivity contribution >= 4 is 0 Å². The van der Waals surface area contributed by atoms with Crippen LogP contribution in [0, 0.1) is 6.92 Å². The number of ether oxygens (including phenoxy) is 2. The Hall–Kier alpha value is -1.81. The molecular weight excluding hydrogens is 252 g/mol. The zero-order chi connectivity index (χ0) is 13.8. The van der Waals surface area contributed by atoms with E-state index >= 15 is 0 Å². The van der Waals surface area contributed by atoms with Crippen LogP contribution in [0.25, 0.3) is 0 Å². The molecule has 0 spiro atoms. The van der Waals surface area contributed by atoms with Gasteiger partial charge in [0.05, 0.1) is 18.3 Å². The zero-order valence-corrected chi connectivity index (χ0v) is 11.8. The number of aryl methyl sites for hydroxylation is 1. The van der Waals surface area contributed by atoms with E-state index in [9.17, 15) is 0 Å². The SMILES string of the molecule is Cc1ccn(Cc2ccc(OC[C@H]3CCCO3)cc2)n1. The van der Waals surface area contributed by atoms with E-state index in [1.54, 1.807) is 0 Å². The van der Waals surface area contributed by atoms with Crippen LogP contribution in [0.15, 0.2) is 36.5 Å². The molecule has 1 aliphatic rings. The average molecular weight is 272 g/mol. The van der Waals surface area contributed by atoms with Gasteiger partial charge in [-0.3, -0.25) is 4.68 Å². The van der Waals surface area contributed by atoms with E-state index in [0.717, 1.165) is 37.4 Å². The number of hydrogen-bond acceptors (Lipinski definition) is 3. The van der Waals surface area contributed by atoms with Gasteiger partial charge in [-0.1, -0.05) is 12.1 Å². The average Bonchev–Trinajstić information content (AvgIpc) is 3.10. The minimum atomic E-state index is 0.265. The predicted molar refractivity (Wildman–Crippen MR) is 77.0 cm³/mol. The molecule has 1 saturated heterocycles. The number of rotatable bonds is 5. The molecule has 1 aromatic heterocycles. The first-order chi connectivity index (χ1) is 9.79. The van der Waals surface area contributed by atoms with Crippen LogP contribution in [0.2, 0.25) is 0 Å². The normalized spacial score (nSPS) is 18.4. The summed E-state index contributed by atoms with van der Waals surface area (Å²) in [6.07, 6.45) is 4.52. The lowest BCUT2D eigenvalue weighted by molar-refractivity contribution is 0.0679. The summed E-state index contributed by atoms with van der Waals surface area (Å²) in [5.74, 6) is 0.904. The molecule has 0 N–H and O–H groups in total. The Balaban J connectivity index is 1.54. The molecule has 106 valence electrons. The molecule has 0 amide bonds. The van der Waals surface area contributed by atoms with Crippen molar-refractivity contribution < 1.29 is 9.47 Å². The van der Waals surface area contributed by atoms with Gasteiger partial charge in [-0.25, -0.2) is 0 Å². The molecule has 0 radical (unpaired) electrons. The largest absolute Gasteiger partial charge is 0.491 e. The molecule has 1 aliphatic heterocycles. The Morgan fingerprint density at radius 3 is 2.80 bits per heavy atom. The predicted octanol–water partition coefficient (Wildman–Crippen LogP) is 2.80. The third-order valence-corrected chi connectivity index (χ3v) is 3.50. The van der Waals surface area contributed by atoms with Crippen LogP contribution in [-0.4, -0.2) is 29.1 Å². The van der Waals surface area contributed by atoms with Crippen LogP contribution in [0.3, 0.4) is 0 Å². The van der Waals surface area contributed by atoms with Crippen molar-refractivity contribution in [3.8, 4) is 5.75 Å². The first-order valence-corrected chi connectivity index (χ1v) is 7.13. The van der Waals surface area contributed by atoms with Gasteiger partial charge in [-0.2, -0.15) is 5.10 Å². The Kier molecular flexibility index (Phi) is 4.02. The van der Waals surface area contributed by atoms with Gasteiger partial charge in [-0.15, -0.1) is 0 Å². The van der Waals surface area contributed by atoms with Crippen LogP contribution in [0.1, 0.15) is 24.1 Å². The molecule has 4 heteroatoms. The van der Waals surface area contributed by atoms with Gasteiger partial charge >= 0.3 is 0 Å². The molecule has 0 saturated carbocycles.